The number of carbonyl (C=O) groups is 3. The molecule has 7 heteroatoms. The molecule has 28 heavy (non-hydrogen) atoms. The number of aliphatic hydroxyl groups excluding tert-OH is 1. The predicted octanol–water partition coefficient (Wildman–Crippen LogP) is 2.45. The van der Waals surface area contributed by atoms with Gasteiger partial charge >= 0.3 is 5.97 Å². The number of nitrogens with one attached hydrogen (secondary N) is 1. The molecule has 0 aromatic heterocycles. The molecule has 1 aromatic rings. The molecule has 1 fully saturated rings. The molecule has 2 rings (SSSR count). The van der Waals surface area contributed by atoms with Gasteiger partial charge < -0.3 is 19.9 Å². The van der Waals surface area contributed by atoms with Crippen LogP contribution in [0.4, 0.5) is 5.69 Å². The number of ether oxygens (including phenoxy) is 2. The Labute approximate surface area is 165 Å². The van der Waals surface area contributed by atoms with E-state index in [9.17, 15) is 19.5 Å². The number of Topliss-reactive ketones (excluding diaryl/α,β-unsaturated/α-hetero) is 1. The molecule has 7 nitrogen and oxygen atoms in total. The van der Waals surface area contributed by atoms with E-state index < -0.39 is 17.5 Å². The molecule has 0 radical (unpaired) electrons. The van der Waals surface area contributed by atoms with Crippen LogP contribution in [0.15, 0.2) is 12.1 Å². The Kier molecular flexibility index (Phi) is 6.96. The number of benzene rings is 1. The molecule has 2 N–H and O–H groups in total. The summed E-state index contributed by atoms with van der Waals surface area (Å²) in [5.74, 6) is -1.14. The zero-order valence-corrected chi connectivity index (χ0v) is 17.1. The van der Waals surface area contributed by atoms with E-state index >= 15 is 0 Å². The number of rotatable bonds is 6. The summed E-state index contributed by atoms with van der Waals surface area (Å²) in [4.78, 5) is 37.1. The topological polar surface area (TPSA) is 102 Å². The number of hydrogen-bond acceptors (Lipinski definition) is 6. The largest absolute Gasteiger partial charge is 0.465 e. The third-order valence-corrected chi connectivity index (χ3v) is 4.88. The fourth-order valence-corrected chi connectivity index (χ4v) is 3.38. The van der Waals surface area contributed by atoms with Gasteiger partial charge in [-0.1, -0.05) is 26.8 Å². The second-order valence-corrected chi connectivity index (χ2v) is 8.12. The van der Waals surface area contributed by atoms with Gasteiger partial charge in [0.15, 0.2) is 0 Å². The van der Waals surface area contributed by atoms with Crippen molar-refractivity contribution < 1.29 is 29.0 Å². The highest BCUT2D eigenvalue weighted by molar-refractivity contribution is 6.04. The molecule has 154 valence electrons. The van der Waals surface area contributed by atoms with E-state index in [0.29, 0.717) is 24.3 Å². The summed E-state index contributed by atoms with van der Waals surface area (Å²) in [7, 11) is 1.26. The number of methoxy groups -OCH3 is 1. The van der Waals surface area contributed by atoms with Crippen molar-refractivity contribution in [2.45, 2.75) is 52.6 Å². The number of carbonyl (C=O) groups excluding carboxylic acids is 3. The Balaban J connectivity index is 2.64. The second kappa shape index (κ2) is 8.84. The number of hydrogen-bond donors (Lipinski definition) is 2. The summed E-state index contributed by atoms with van der Waals surface area (Å²) in [6.07, 6.45) is 0.296. The Morgan fingerprint density at radius 1 is 1.29 bits per heavy atom. The lowest BCUT2D eigenvalue weighted by Gasteiger charge is -2.24. The van der Waals surface area contributed by atoms with Crippen molar-refractivity contribution in [3.63, 3.8) is 0 Å². The van der Waals surface area contributed by atoms with Crippen molar-refractivity contribution in [3.8, 4) is 0 Å². The molecule has 0 unspecified atom stereocenters. The number of aliphatic hydroxyl groups is 1. The zero-order valence-electron chi connectivity index (χ0n) is 17.1. The quantitative estimate of drug-likeness (QED) is 0.722. The highest BCUT2D eigenvalue weighted by Crippen LogP contribution is 2.37. The lowest BCUT2D eigenvalue weighted by atomic mass is 9.84. The summed E-state index contributed by atoms with van der Waals surface area (Å²) < 4.78 is 10.5. The molecule has 0 aliphatic carbocycles. The van der Waals surface area contributed by atoms with E-state index in [1.54, 1.807) is 32.9 Å². The smallest absolute Gasteiger partial charge is 0.340 e. The van der Waals surface area contributed by atoms with E-state index in [1.807, 2.05) is 0 Å². The average Bonchev–Trinajstić information content (AvgIpc) is 3.08. The van der Waals surface area contributed by atoms with Crippen LogP contribution in [-0.2, 0) is 25.5 Å². The van der Waals surface area contributed by atoms with Crippen molar-refractivity contribution in [3.05, 3.63) is 28.8 Å². The van der Waals surface area contributed by atoms with Gasteiger partial charge in [-0.2, -0.15) is 0 Å². The molecule has 1 heterocycles. The third kappa shape index (κ3) is 4.77. The average molecular weight is 391 g/mol. The van der Waals surface area contributed by atoms with Crippen molar-refractivity contribution in [2.75, 3.05) is 25.6 Å². The first kappa shape index (κ1) is 22.0. The van der Waals surface area contributed by atoms with E-state index in [4.69, 9.17) is 9.47 Å². The van der Waals surface area contributed by atoms with Crippen molar-refractivity contribution in [2.24, 2.45) is 5.41 Å². The normalized spacial score (nSPS) is 19.4. The van der Waals surface area contributed by atoms with Gasteiger partial charge in [0.05, 0.1) is 31.1 Å². The second-order valence-electron chi connectivity index (χ2n) is 8.12. The fourth-order valence-electron chi connectivity index (χ4n) is 3.38. The standard InChI is InChI=1S/C21H29NO6/c1-12(24)10-15-13(14-8-9-28-17(14)11-23)6-7-16(18(15)19(25)27-5)22-20(26)21(2,3)4/h6-7,14,17,23H,8-11H2,1-5H3,(H,22,26)/t14-,17+/m0/s1. The minimum Gasteiger partial charge on any atom is -0.465 e. The minimum atomic E-state index is -0.659. The Morgan fingerprint density at radius 2 is 1.96 bits per heavy atom. The maximum absolute atomic E-state index is 12.6. The van der Waals surface area contributed by atoms with Gasteiger partial charge in [-0.15, -0.1) is 0 Å². The predicted molar refractivity (Wildman–Crippen MR) is 104 cm³/mol. The zero-order chi connectivity index (χ0) is 21.1. The summed E-state index contributed by atoms with van der Waals surface area (Å²) in [5.41, 5.74) is 1.11. The lowest BCUT2D eigenvalue weighted by Crippen LogP contribution is -2.29. The molecule has 1 aromatic carbocycles. The molecule has 0 saturated carbocycles. The minimum absolute atomic E-state index is 0.0215. The third-order valence-electron chi connectivity index (χ3n) is 4.88. The van der Waals surface area contributed by atoms with Crippen LogP contribution in [0, 0.1) is 5.41 Å². The van der Waals surface area contributed by atoms with E-state index in [0.717, 1.165) is 5.56 Å². The van der Waals surface area contributed by atoms with Crippen LogP contribution in [0.2, 0.25) is 0 Å². The molecule has 1 aliphatic heterocycles. The van der Waals surface area contributed by atoms with Crippen molar-refractivity contribution in [1.29, 1.82) is 0 Å². The van der Waals surface area contributed by atoms with Crippen molar-refractivity contribution >= 4 is 23.3 Å². The van der Waals surface area contributed by atoms with Crippen LogP contribution < -0.4 is 5.32 Å². The SMILES string of the molecule is COC(=O)c1c(NC(=O)C(C)(C)C)ccc([C@@H]2CCO[C@@H]2CO)c1CC(C)=O. The highest BCUT2D eigenvalue weighted by atomic mass is 16.5. The van der Waals surface area contributed by atoms with Gasteiger partial charge in [0, 0.05) is 24.4 Å². The maximum atomic E-state index is 12.6. The highest BCUT2D eigenvalue weighted by Gasteiger charge is 2.34. The molecule has 0 bridgehead atoms. The Bertz CT molecular complexity index is 765. The summed E-state index contributed by atoms with van der Waals surface area (Å²) in [6.45, 7) is 7.10. The number of amides is 1. The first-order valence-corrected chi connectivity index (χ1v) is 9.37. The first-order chi connectivity index (χ1) is 13.1. The number of ketones is 1. The number of anilines is 1. The van der Waals surface area contributed by atoms with Crippen LogP contribution in [0.5, 0.6) is 0 Å². The molecular formula is C21H29NO6. The lowest BCUT2D eigenvalue weighted by molar-refractivity contribution is -0.123. The monoisotopic (exact) mass is 391 g/mol. The first-order valence-electron chi connectivity index (χ1n) is 9.37. The molecule has 0 spiro atoms. The van der Waals surface area contributed by atoms with Gasteiger partial charge in [0.2, 0.25) is 5.91 Å². The van der Waals surface area contributed by atoms with Crippen LogP contribution in [-0.4, -0.2) is 49.2 Å². The molecular weight excluding hydrogens is 362 g/mol. The summed E-state index contributed by atoms with van der Waals surface area (Å²) in [5, 5.41) is 12.4. The van der Waals surface area contributed by atoms with Crippen LogP contribution >= 0.6 is 0 Å². The van der Waals surface area contributed by atoms with Gasteiger partial charge in [-0.25, -0.2) is 4.79 Å². The van der Waals surface area contributed by atoms with Gasteiger partial charge in [0.25, 0.3) is 0 Å². The molecule has 2 atom stereocenters. The molecule has 1 aliphatic rings. The van der Waals surface area contributed by atoms with Crippen molar-refractivity contribution in [1.82, 2.24) is 0 Å². The van der Waals surface area contributed by atoms with E-state index in [1.165, 1.54) is 14.0 Å². The molecule has 1 saturated heterocycles. The number of esters is 1. The maximum Gasteiger partial charge on any atom is 0.340 e. The Morgan fingerprint density at radius 3 is 2.50 bits per heavy atom. The summed E-state index contributed by atoms with van der Waals surface area (Å²) in [6, 6.07) is 3.45. The fraction of sp³-hybridized carbons (Fsp3) is 0.571. The molecule has 1 amide bonds. The summed E-state index contributed by atoms with van der Waals surface area (Å²) >= 11 is 0. The van der Waals surface area contributed by atoms with Gasteiger partial charge in [-0.05, 0) is 30.5 Å². The van der Waals surface area contributed by atoms with Crippen LogP contribution in [0.1, 0.15) is 61.5 Å². The van der Waals surface area contributed by atoms with Crippen LogP contribution in [0.25, 0.3) is 0 Å². The van der Waals surface area contributed by atoms with E-state index in [2.05, 4.69) is 5.32 Å². The Hall–Kier alpha value is -2.25. The van der Waals surface area contributed by atoms with Gasteiger partial charge in [0.1, 0.15) is 5.78 Å². The van der Waals surface area contributed by atoms with Gasteiger partial charge in [-0.3, -0.25) is 9.59 Å². The van der Waals surface area contributed by atoms with E-state index in [-0.39, 0.29) is 36.2 Å². The van der Waals surface area contributed by atoms with Crippen LogP contribution in [0.3, 0.4) is 0 Å².